The first kappa shape index (κ1) is 18.9. The van der Waals surface area contributed by atoms with Crippen molar-refractivity contribution in [1.82, 2.24) is 15.0 Å². The molecule has 5 aromatic carbocycles. The highest BCUT2D eigenvalue weighted by molar-refractivity contribution is 6.13. The summed E-state index contributed by atoms with van der Waals surface area (Å²) < 4.78 is 0. The van der Waals surface area contributed by atoms with Crippen LogP contribution in [0.3, 0.4) is 0 Å². The average Bonchev–Trinajstić information content (AvgIpc) is 2.92. The van der Waals surface area contributed by atoms with E-state index in [0.29, 0.717) is 0 Å². The summed E-state index contributed by atoms with van der Waals surface area (Å²) in [6, 6.07) is 37.8. The van der Waals surface area contributed by atoms with Gasteiger partial charge < -0.3 is 0 Å². The maximum atomic E-state index is 5.20. The predicted octanol–water partition coefficient (Wildman–Crippen LogP) is 7.82. The Morgan fingerprint density at radius 3 is 2.09 bits per heavy atom. The summed E-state index contributed by atoms with van der Waals surface area (Å²) in [4.78, 5) is 14.9. The van der Waals surface area contributed by atoms with Gasteiger partial charge in [0.25, 0.3) is 0 Å². The zero-order chi connectivity index (χ0) is 22.5. The number of aromatic nitrogens is 3. The topological polar surface area (TPSA) is 38.7 Å². The standard InChI is InChI=1S/C31H19N3/c1-2-12-22-21(9-1)19-27(24-14-4-3-13-23(22)24)31-33-28-17-6-5-15-25(28)30(34-31)26-16-7-10-20-11-8-18-32-29(20)26/h1-19H. The SMILES string of the molecule is c1cnc2c(-c3nc(-c4cc5ccccc5c5ccccc45)nc4ccccc34)cccc2c1. The second-order valence-electron chi connectivity index (χ2n) is 8.48. The molecule has 2 aromatic heterocycles. The molecule has 7 aromatic rings. The highest BCUT2D eigenvalue weighted by Crippen LogP contribution is 2.37. The van der Waals surface area contributed by atoms with Gasteiger partial charge in [-0.05, 0) is 39.7 Å². The van der Waals surface area contributed by atoms with Gasteiger partial charge in [0, 0.05) is 28.1 Å². The van der Waals surface area contributed by atoms with Crippen molar-refractivity contribution in [3.05, 3.63) is 115 Å². The first-order valence-corrected chi connectivity index (χ1v) is 11.4. The quantitative estimate of drug-likeness (QED) is 0.261. The molecule has 0 radical (unpaired) electrons. The molecule has 34 heavy (non-hydrogen) atoms. The lowest BCUT2D eigenvalue weighted by atomic mass is 9.96. The zero-order valence-electron chi connectivity index (χ0n) is 18.3. The van der Waals surface area contributed by atoms with Gasteiger partial charge in [0.15, 0.2) is 5.82 Å². The average molecular weight is 434 g/mol. The molecule has 3 heteroatoms. The fourth-order valence-electron chi connectivity index (χ4n) is 4.94. The van der Waals surface area contributed by atoms with Gasteiger partial charge in [0.2, 0.25) is 0 Å². The number of para-hydroxylation sites is 2. The Hall–Kier alpha value is -4.63. The lowest BCUT2D eigenvalue weighted by Crippen LogP contribution is -1.97. The van der Waals surface area contributed by atoms with Crippen LogP contribution in [0.1, 0.15) is 0 Å². The number of hydrogen-bond acceptors (Lipinski definition) is 3. The van der Waals surface area contributed by atoms with Crippen LogP contribution in [0.4, 0.5) is 0 Å². The fourth-order valence-corrected chi connectivity index (χ4v) is 4.94. The molecule has 0 spiro atoms. The first-order chi connectivity index (χ1) is 16.9. The van der Waals surface area contributed by atoms with Crippen molar-refractivity contribution in [2.24, 2.45) is 0 Å². The molecular formula is C31H19N3. The number of hydrogen-bond donors (Lipinski definition) is 0. The second kappa shape index (κ2) is 7.46. The van der Waals surface area contributed by atoms with Gasteiger partial charge in [-0.2, -0.15) is 0 Å². The number of fused-ring (bicyclic) bond motifs is 5. The molecule has 0 saturated heterocycles. The molecule has 0 saturated carbocycles. The monoisotopic (exact) mass is 433 g/mol. The summed E-state index contributed by atoms with van der Waals surface area (Å²) in [7, 11) is 0. The van der Waals surface area contributed by atoms with Crippen molar-refractivity contribution in [3.8, 4) is 22.6 Å². The van der Waals surface area contributed by atoms with Gasteiger partial charge in [-0.1, -0.05) is 91.0 Å². The van der Waals surface area contributed by atoms with Crippen molar-refractivity contribution < 1.29 is 0 Å². The number of benzene rings is 5. The van der Waals surface area contributed by atoms with Gasteiger partial charge in [0.1, 0.15) is 0 Å². The summed E-state index contributed by atoms with van der Waals surface area (Å²) in [5.74, 6) is 0.726. The van der Waals surface area contributed by atoms with Gasteiger partial charge >= 0.3 is 0 Å². The van der Waals surface area contributed by atoms with E-state index in [9.17, 15) is 0 Å². The van der Waals surface area contributed by atoms with E-state index < -0.39 is 0 Å². The summed E-state index contributed by atoms with van der Waals surface area (Å²) in [5.41, 5.74) is 4.83. The summed E-state index contributed by atoms with van der Waals surface area (Å²) >= 11 is 0. The van der Waals surface area contributed by atoms with Crippen LogP contribution in [-0.2, 0) is 0 Å². The molecule has 3 nitrogen and oxygen atoms in total. The molecular weight excluding hydrogens is 414 g/mol. The zero-order valence-corrected chi connectivity index (χ0v) is 18.3. The first-order valence-electron chi connectivity index (χ1n) is 11.4. The van der Waals surface area contributed by atoms with E-state index in [-0.39, 0.29) is 0 Å². The van der Waals surface area contributed by atoms with Crippen LogP contribution in [0, 0.1) is 0 Å². The molecule has 0 aliphatic heterocycles. The normalized spacial score (nSPS) is 11.5. The van der Waals surface area contributed by atoms with E-state index in [0.717, 1.165) is 49.8 Å². The highest BCUT2D eigenvalue weighted by Gasteiger charge is 2.16. The van der Waals surface area contributed by atoms with Crippen molar-refractivity contribution in [3.63, 3.8) is 0 Å². The van der Waals surface area contributed by atoms with E-state index in [2.05, 4.69) is 91.0 Å². The summed E-state index contributed by atoms with van der Waals surface area (Å²) in [5, 5.41) is 6.90. The molecule has 0 atom stereocenters. The number of nitrogens with zero attached hydrogens (tertiary/aromatic N) is 3. The predicted molar refractivity (Wildman–Crippen MR) is 141 cm³/mol. The highest BCUT2D eigenvalue weighted by atomic mass is 14.9. The lowest BCUT2D eigenvalue weighted by molar-refractivity contribution is 1.23. The Morgan fingerprint density at radius 1 is 0.471 bits per heavy atom. The van der Waals surface area contributed by atoms with Crippen molar-refractivity contribution >= 4 is 43.4 Å². The fraction of sp³-hybridized carbons (Fsp3) is 0. The molecule has 0 N–H and O–H groups in total. The summed E-state index contributed by atoms with van der Waals surface area (Å²) in [6.45, 7) is 0. The van der Waals surface area contributed by atoms with Crippen LogP contribution in [-0.4, -0.2) is 15.0 Å². The molecule has 0 aliphatic rings. The third-order valence-corrected chi connectivity index (χ3v) is 6.50. The molecule has 0 bridgehead atoms. The van der Waals surface area contributed by atoms with Crippen molar-refractivity contribution in [2.45, 2.75) is 0 Å². The van der Waals surface area contributed by atoms with Gasteiger partial charge in [-0.25, -0.2) is 9.97 Å². The maximum Gasteiger partial charge on any atom is 0.161 e. The van der Waals surface area contributed by atoms with Gasteiger partial charge in [-0.15, -0.1) is 0 Å². The Kier molecular flexibility index (Phi) is 4.15. The largest absolute Gasteiger partial charge is 0.256 e. The minimum Gasteiger partial charge on any atom is -0.256 e. The van der Waals surface area contributed by atoms with Crippen LogP contribution in [0.25, 0.3) is 66.0 Å². The van der Waals surface area contributed by atoms with Crippen LogP contribution >= 0.6 is 0 Å². The van der Waals surface area contributed by atoms with Crippen LogP contribution in [0.2, 0.25) is 0 Å². The minimum absolute atomic E-state index is 0.726. The third-order valence-electron chi connectivity index (χ3n) is 6.50. The van der Waals surface area contributed by atoms with E-state index in [1.54, 1.807) is 0 Å². The van der Waals surface area contributed by atoms with Gasteiger partial charge in [0.05, 0.1) is 16.7 Å². The number of pyridine rings is 1. The van der Waals surface area contributed by atoms with E-state index in [1.165, 1.54) is 16.2 Å². The minimum atomic E-state index is 0.726. The van der Waals surface area contributed by atoms with E-state index in [4.69, 9.17) is 15.0 Å². The maximum absolute atomic E-state index is 5.20. The van der Waals surface area contributed by atoms with E-state index >= 15 is 0 Å². The van der Waals surface area contributed by atoms with Gasteiger partial charge in [-0.3, -0.25) is 4.98 Å². The van der Waals surface area contributed by atoms with Crippen LogP contribution in [0.15, 0.2) is 115 Å². The number of rotatable bonds is 2. The molecule has 0 fully saturated rings. The third kappa shape index (κ3) is 2.87. The molecule has 7 rings (SSSR count). The molecule has 2 heterocycles. The van der Waals surface area contributed by atoms with E-state index in [1.807, 2.05) is 24.4 Å². The summed E-state index contributed by atoms with van der Waals surface area (Å²) in [6.07, 6.45) is 1.84. The smallest absolute Gasteiger partial charge is 0.161 e. The molecule has 158 valence electrons. The van der Waals surface area contributed by atoms with Crippen LogP contribution < -0.4 is 0 Å². The molecule has 0 unspecified atom stereocenters. The van der Waals surface area contributed by atoms with Crippen LogP contribution in [0.5, 0.6) is 0 Å². The van der Waals surface area contributed by atoms with Crippen molar-refractivity contribution in [2.75, 3.05) is 0 Å². The van der Waals surface area contributed by atoms with Crippen molar-refractivity contribution in [1.29, 1.82) is 0 Å². The lowest BCUT2D eigenvalue weighted by Gasteiger charge is -2.13. The molecule has 0 amide bonds. The molecule has 0 aliphatic carbocycles. The Morgan fingerprint density at radius 2 is 1.18 bits per heavy atom. The second-order valence-corrected chi connectivity index (χ2v) is 8.48. The Bertz CT molecular complexity index is 1870. The Labute approximate surface area is 196 Å². The Balaban J connectivity index is 1.60.